The van der Waals surface area contributed by atoms with Crippen LogP contribution in [0.1, 0.15) is 37.3 Å². The molecule has 1 heterocycles. The average Bonchev–Trinajstić information content (AvgIpc) is 2.47. The summed E-state index contributed by atoms with van der Waals surface area (Å²) < 4.78 is 5.65. The van der Waals surface area contributed by atoms with Gasteiger partial charge in [0.2, 0.25) is 0 Å². The molecule has 0 saturated carbocycles. The molecule has 0 bridgehead atoms. The van der Waals surface area contributed by atoms with Crippen LogP contribution in [0.4, 0.5) is 0 Å². The van der Waals surface area contributed by atoms with E-state index in [-0.39, 0.29) is 0 Å². The summed E-state index contributed by atoms with van der Waals surface area (Å²) in [5.74, 6) is 1.44. The van der Waals surface area contributed by atoms with E-state index in [0.717, 1.165) is 56.3 Å². The first kappa shape index (κ1) is 16.6. The summed E-state index contributed by atoms with van der Waals surface area (Å²) in [6.07, 6.45) is 2.17. The van der Waals surface area contributed by atoms with Crippen molar-refractivity contribution in [2.45, 2.75) is 32.6 Å². The van der Waals surface area contributed by atoms with Crippen LogP contribution in [0, 0.1) is 0 Å². The van der Waals surface area contributed by atoms with Crippen LogP contribution in [0.5, 0.6) is 5.75 Å². The van der Waals surface area contributed by atoms with E-state index in [1.54, 1.807) is 7.11 Å². The number of nitrogens with one attached hydrogen (secondary N) is 1. The van der Waals surface area contributed by atoms with Crippen LogP contribution in [-0.2, 0) is 6.42 Å². The van der Waals surface area contributed by atoms with E-state index in [1.165, 1.54) is 11.1 Å². The SMILES string of the molecule is COc1c(CCCN2CCNCC2)cc(Cl)cc1C(C)C. The summed E-state index contributed by atoms with van der Waals surface area (Å²) >= 11 is 6.28. The zero-order chi connectivity index (χ0) is 15.2. The second-order valence-corrected chi connectivity index (χ2v) is 6.47. The molecule has 0 radical (unpaired) electrons. The molecule has 118 valence electrons. The molecule has 21 heavy (non-hydrogen) atoms. The molecule has 1 saturated heterocycles. The standard InChI is InChI=1S/C17H27ClN2O/c1-13(2)16-12-15(18)11-14(17(16)21-3)5-4-8-20-9-6-19-7-10-20/h11-13,19H,4-10H2,1-3H3. The van der Waals surface area contributed by atoms with Crippen molar-refractivity contribution in [3.8, 4) is 5.75 Å². The third-order valence-corrected chi connectivity index (χ3v) is 4.33. The molecule has 1 aromatic rings. The highest BCUT2D eigenvalue weighted by atomic mass is 35.5. The minimum atomic E-state index is 0.422. The number of rotatable bonds is 6. The van der Waals surface area contributed by atoms with Gasteiger partial charge in [-0.1, -0.05) is 25.4 Å². The van der Waals surface area contributed by atoms with E-state index < -0.39 is 0 Å². The first-order valence-corrected chi connectivity index (χ1v) is 8.29. The minimum absolute atomic E-state index is 0.422. The van der Waals surface area contributed by atoms with Gasteiger partial charge in [0.1, 0.15) is 5.75 Å². The molecule has 0 aliphatic carbocycles. The van der Waals surface area contributed by atoms with E-state index in [9.17, 15) is 0 Å². The normalized spacial score (nSPS) is 16.4. The number of nitrogens with zero attached hydrogens (tertiary/aromatic N) is 1. The first-order valence-electron chi connectivity index (χ1n) is 7.91. The fraction of sp³-hybridized carbons (Fsp3) is 0.647. The second kappa shape index (κ2) is 8.02. The van der Waals surface area contributed by atoms with Gasteiger partial charge in [-0.25, -0.2) is 0 Å². The maximum atomic E-state index is 6.28. The third kappa shape index (κ3) is 4.60. The maximum absolute atomic E-state index is 6.28. The summed E-state index contributed by atoms with van der Waals surface area (Å²) in [6, 6.07) is 4.09. The van der Waals surface area contributed by atoms with Crippen LogP contribution >= 0.6 is 11.6 Å². The van der Waals surface area contributed by atoms with E-state index >= 15 is 0 Å². The molecule has 1 aliphatic rings. The molecular formula is C17H27ClN2O. The largest absolute Gasteiger partial charge is 0.496 e. The number of piperazine rings is 1. The first-order chi connectivity index (χ1) is 10.1. The second-order valence-electron chi connectivity index (χ2n) is 6.04. The van der Waals surface area contributed by atoms with Crippen molar-refractivity contribution in [2.75, 3.05) is 39.8 Å². The maximum Gasteiger partial charge on any atom is 0.125 e. The van der Waals surface area contributed by atoms with Crippen molar-refractivity contribution in [1.82, 2.24) is 10.2 Å². The Balaban J connectivity index is 2.01. The van der Waals surface area contributed by atoms with Crippen LogP contribution in [-0.4, -0.2) is 44.7 Å². The van der Waals surface area contributed by atoms with Crippen LogP contribution in [0.3, 0.4) is 0 Å². The van der Waals surface area contributed by atoms with Gasteiger partial charge < -0.3 is 15.0 Å². The number of benzene rings is 1. The van der Waals surface area contributed by atoms with Gasteiger partial charge in [-0.05, 0) is 48.6 Å². The molecule has 3 nitrogen and oxygen atoms in total. The highest BCUT2D eigenvalue weighted by Gasteiger charge is 2.15. The van der Waals surface area contributed by atoms with Gasteiger partial charge in [0, 0.05) is 31.2 Å². The van der Waals surface area contributed by atoms with Crippen molar-refractivity contribution in [3.05, 3.63) is 28.3 Å². The van der Waals surface area contributed by atoms with Crippen LogP contribution < -0.4 is 10.1 Å². The Morgan fingerprint density at radius 1 is 1.29 bits per heavy atom. The molecule has 0 atom stereocenters. The van der Waals surface area contributed by atoms with Crippen LogP contribution in [0.25, 0.3) is 0 Å². The number of hydrogen-bond acceptors (Lipinski definition) is 3. The van der Waals surface area contributed by atoms with Crippen molar-refractivity contribution >= 4 is 11.6 Å². The van der Waals surface area contributed by atoms with E-state index in [4.69, 9.17) is 16.3 Å². The monoisotopic (exact) mass is 310 g/mol. The molecule has 1 aromatic carbocycles. The zero-order valence-corrected chi connectivity index (χ0v) is 14.2. The summed E-state index contributed by atoms with van der Waals surface area (Å²) in [6.45, 7) is 10.0. The molecule has 4 heteroatoms. The van der Waals surface area contributed by atoms with Gasteiger partial charge >= 0.3 is 0 Å². The van der Waals surface area contributed by atoms with Gasteiger partial charge in [-0.3, -0.25) is 0 Å². The summed E-state index contributed by atoms with van der Waals surface area (Å²) in [5, 5.41) is 4.21. The average molecular weight is 311 g/mol. The fourth-order valence-corrected chi connectivity index (χ4v) is 3.21. The van der Waals surface area contributed by atoms with E-state index in [0.29, 0.717) is 5.92 Å². The van der Waals surface area contributed by atoms with Crippen LogP contribution in [0.15, 0.2) is 12.1 Å². The van der Waals surface area contributed by atoms with Gasteiger partial charge in [0.05, 0.1) is 7.11 Å². The van der Waals surface area contributed by atoms with Gasteiger partial charge in [-0.2, -0.15) is 0 Å². The van der Waals surface area contributed by atoms with Gasteiger partial charge in [-0.15, -0.1) is 0 Å². The number of aryl methyl sites for hydroxylation is 1. The molecule has 0 spiro atoms. The topological polar surface area (TPSA) is 24.5 Å². The molecule has 0 aromatic heterocycles. The number of ether oxygens (including phenoxy) is 1. The quantitative estimate of drug-likeness (QED) is 0.872. The Morgan fingerprint density at radius 3 is 2.62 bits per heavy atom. The van der Waals surface area contributed by atoms with Crippen molar-refractivity contribution < 1.29 is 4.74 Å². The van der Waals surface area contributed by atoms with Crippen molar-refractivity contribution in [2.24, 2.45) is 0 Å². The Hall–Kier alpha value is -0.770. The van der Waals surface area contributed by atoms with Crippen molar-refractivity contribution in [3.63, 3.8) is 0 Å². The lowest BCUT2D eigenvalue weighted by molar-refractivity contribution is 0.238. The Bertz CT molecular complexity index is 456. The van der Waals surface area contributed by atoms with E-state index in [2.05, 4.69) is 30.1 Å². The molecule has 1 N–H and O–H groups in total. The number of methoxy groups -OCH3 is 1. The summed E-state index contributed by atoms with van der Waals surface area (Å²) in [7, 11) is 1.76. The molecular weight excluding hydrogens is 284 g/mol. The smallest absolute Gasteiger partial charge is 0.125 e. The van der Waals surface area contributed by atoms with E-state index in [1.807, 2.05) is 6.07 Å². The highest BCUT2D eigenvalue weighted by molar-refractivity contribution is 6.30. The molecule has 1 aliphatic heterocycles. The van der Waals surface area contributed by atoms with Crippen LogP contribution in [0.2, 0.25) is 5.02 Å². The molecule has 1 fully saturated rings. The van der Waals surface area contributed by atoms with Gasteiger partial charge in [0.25, 0.3) is 0 Å². The summed E-state index contributed by atoms with van der Waals surface area (Å²) in [5.41, 5.74) is 2.45. The van der Waals surface area contributed by atoms with Crippen molar-refractivity contribution in [1.29, 1.82) is 0 Å². The predicted molar refractivity (Wildman–Crippen MR) is 89.7 cm³/mol. The molecule has 0 unspecified atom stereocenters. The van der Waals surface area contributed by atoms with Gasteiger partial charge in [0.15, 0.2) is 0 Å². The highest BCUT2D eigenvalue weighted by Crippen LogP contribution is 2.34. The third-order valence-electron chi connectivity index (χ3n) is 4.12. The summed E-state index contributed by atoms with van der Waals surface area (Å²) in [4.78, 5) is 2.52. The lowest BCUT2D eigenvalue weighted by atomic mass is 9.97. The number of halogens is 1. The fourth-order valence-electron chi connectivity index (χ4n) is 2.96. The Labute approximate surface area is 133 Å². The number of hydrogen-bond donors (Lipinski definition) is 1. The Morgan fingerprint density at radius 2 is 2.00 bits per heavy atom. The zero-order valence-electron chi connectivity index (χ0n) is 13.4. The molecule has 0 amide bonds. The lowest BCUT2D eigenvalue weighted by Gasteiger charge is -2.27. The Kier molecular flexibility index (Phi) is 6.34. The lowest BCUT2D eigenvalue weighted by Crippen LogP contribution is -2.43. The molecule has 2 rings (SSSR count). The predicted octanol–water partition coefficient (Wildman–Crippen LogP) is 3.31. The minimum Gasteiger partial charge on any atom is -0.496 e.